The van der Waals surface area contributed by atoms with Crippen molar-refractivity contribution in [3.63, 3.8) is 0 Å². The van der Waals surface area contributed by atoms with Crippen molar-refractivity contribution in [3.8, 4) is 11.5 Å². The maximum Gasteiger partial charge on any atom is 0.350 e. The second-order valence-corrected chi connectivity index (χ2v) is 5.41. The van der Waals surface area contributed by atoms with E-state index >= 15 is 0 Å². The van der Waals surface area contributed by atoms with Gasteiger partial charge >= 0.3 is 5.97 Å². The zero-order valence-corrected chi connectivity index (χ0v) is 14.1. The van der Waals surface area contributed by atoms with E-state index in [-0.39, 0.29) is 0 Å². The van der Waals surface area contributed by atoms with E-state index in [1.165, 1.54) is 18.4 Å². The Morgan fingerprint density at radius 2 is 2.00 bits per heavy atom. The second kappa shape index (κ2) is 7.59. The Morgan fingerprint density at radius 3 is 2.65 bits per heavy atom. The van der Waals surface area contributed by atoms with Crippen molar-refractivity contribution >= 4 is 28.7 Å². The first kappa shape index (κ1) is 16.8. The zero-order chi connectivity index (χ0) is 16.8. The van der Waals surface area contributed by atoms with Gasteiger partial charge in [0.2, 0.25) is 5.13 Å². The van der Waals surface area contributed by atoms with Gasteiger partial charge in [-0.25, -0.2) is 9.78 Å². The topological polar surface area (TPSA) is 82.0 Å². The van der Waals surface area contributed by atoms with Crippen LogP contribution in [0, 0.1) is 6.92 Å². The molecule has 0 unspecified atom stereocenters. The second-order valence-electron chi connectivity index (χ2n) is 4.41. The number of benzene rings is 1. The highest BCUT2D eigenvalue weighted by molar-refractivity contribution is 7.17. The van der Waals surface area contributed by atoms with Gasteiger partial charge in [0.05, 0.1) is 33.2 Å². The van der Waals surface area contributed by atoms with Crippen molar-refractivity contribution < 1.29 is 19.0 Å². The van der Waals surface area contributed by atoms with Crippen LogP contribution in [0.3, 0.4) is 0 Å². The van der Waals surface area contributed by atoms with Gasteiger partial charge in [-0.2, -0.15) is 5.10 Å². The molecular formula is C15H17N3O4S. The highest BCUT2D eigenvalue weighted by Gasteiger charge is 2.15. The molecule has 2 aromatic rings. The van der Waals surface area contributed by atoms with Gasteiger partial charge in [0.1, 0.15) is 4.88 Å². The van der Waals surface area contributed by atoms with Gasteiger partial charge in [0.25, 0.3) is 0 Å². The zero-order valence-electron chi connectivity index (χ0n) is 13.2. The Hall–Kier alpha value is -2.61. The van der Waals surface area contributed by atoms with Crippen LogP contribution in [-0.2, 0) is 4.74 Å². The molecule has 1 N–H and O–H groups in total. The van der Waals surface area contributed by atoms with E-state index in [1.54, 1.807) is 39.5 Å². The van der Waals surface area contributed by atoms with Crippen LogP contribution in [0.2, 0.25) is 0 Å². The lowest BCUT2D eigenvalue weighted by atomic mass is 10.2. The van der Waals surface area contributed by atoms with E-state index in [2.05, 4.69) is 15.5 Å². The summed E-state index contributed by atoms with van der Waals surface area (Å²) in [5.74, 6) is 0.863. The van der Waals surface area contributed by atoms with Crippen LogP contribution in [-0.4, -0.2) is 38.5 Å². The molecular weight excluding hydrogens is 318 g/mol. The van der Waals surface area contributed by atoms with Gasteiger partial charge in [-0.05, 0) is 30.7 Å². The fourth-order valence-electron chi connectivity index (χ4n) is 1.82. The molecule has 0 bridgehead atoms. The molecule has 0 aliphatic rings. The molecule has 0 saturated heterocycles. The number of hydrazone groups is 1. The highest BCUT2D eigenvalue weighted by atomic mass is 32.1. The quantitative estimate of drug-likeness (QED) is 0.496. The molecule has 0 radical (unpaired) electrons. The third kappa shape index (κ3) is 3.98. The average Bonchev–Trinajstić information content (AvgIpc) is 2.94. The molecule has 23 heavy (non-hydrogen) atoms. The minimum Gasteiger partial charge on any atom is -0.493 e. The summed E-state index contributed by atoms with van der Waals surface area (Å²) in [7, 11) is 4.49. The van der Waals surface area contributed by atoms with Gasteiger partial charge in [-0.1, -0.05) is 11.3 Å². The van der Waals surface area contributed by atoms with Crippen molar-refractivity contribution in [1.29, 1.82) is 0 Å². The Bertz CT molecular complexity index is 728. The van der Waals surface area contributed by atoms with E-state index in [0.717, 1.165) is 5.56 Å². The number of methoxy groups -OCH3 is 3. The first-order valence-electron chi connectivity index (χ1n) is 6.66. The number of anilines is 1. The van der Waals surface area contributed by atoms with E-state index in [9.17, 15) is 4.79 Å². The van der Waals surface area contributed by atoms with Crippen LogP contribution >= 0.6 is 11.3 Å². The van der Waals surface area contributed by atoms with Crippen LogP contribution in [0.15, 0.2) is 23.3 Å². The van der Waals surface area contributed by atoms with Crippen LogP contribution in [0.5, 0.6) is 11.5 Å². The van der Waals surface area contributed by atoms with Gasteiger partial charge < -0.3 is 14.2 Å². The van der Waals surface area contributed by atoms with Gasteiger partial charge in [-0.3, -0.25) is 5.43 Å². The lowest BCUT2D eigenvalue weighted by Crippen LogP contribution is -1.99. The first-order valence-corrected chi connectivity index (χ1v) is 7.47. The summed E-state index contributed by atoms with van der Waals surface area (Å²) in [5.41, 5.74) is 4.23. The molecule has 0 spiro atoms. The molecule has 7 nitrogen and oxygen atoms in total. The van der Waals surface area contributed by atoms with Gasteiger partial charge in [0.15, 0.2) is 11.5 Å². The van der Waals surface area contributed by atoms with Crippen LogP contribution in [0.4, 0.5) is 5.13 Å². The number of thiazole rings is 1. The van der Waals surface area contributed by atoms with Crippen LogP contribution < -0.4 is 14.9 Å². The summed E-state index contributed by atoms with van der Waals surface area (Å²) >= 11 is 1.19. The molecule has 0 aliphatic carbocycles. The van der Waals surface area contributed by atoms with Crippen molar-refractivity contribution in [2.24, 2.45) is 5.10 Å². The summed E-state index contributed by atoms with van der Waals surface area (Å²) < 4.78 is 15.1. The summed E-state index contributed by atoms with van der Waals surface area (Å²) in [6.07, 6.45) is 1.62. The van der Waals surface area contributed by atoms with Crippen molar-refractivity contribution in [1.82, 2.24) is 4.98 Å². The van der Waals surface area contributed by atoms with E-state index < -0.39 is 5.97 Å². The predicted molar refractivity (Wildman–Crippen MR) is 89.0 cm³/mol. The van der Waals surface area contributed by atoms with Crippen molar-refractivity contribution in [3.05, 3.63) is 34.3 Å². The maximum absolute atomic E-state index is 11.5. The summed E-state index contributed by atoms with van der Waals surface area (Å²) in [6.45, 7) is 1.74. The SMILES string of the molecule is COC(=O)c1sc(N/N=C\c2ccc(OC)c(OC)c2)nc1C. The third-order valence-corrected chi connectivity index (χ3v) is 3.99. The lowest BCUT2D eigenvalue weighted by molar-refractivity contribution is 0.0605. The number of aryl methyl sites for hydroxylation is 1. The largest absolute Gasteiger partial charge is 0.493 e. The minimum absolute atomic E-state index is 0.406. The Kier molecular flexibility index (Phi) is 5.53. The number of nitrogens with zero attached hydrogens (tertiary/aromatic N) is 2. The normalized spacial score (nSPS) is 10.6. The number of aromatic nitrogens is 1. The number of esters is 1. The Balaban J connectivity index is 2.09. The van der Waals surface area contributed by atoms with E-state index in [4.69, 9.17) is 14.2 Å². The number of ether oxygens (including phenoxy) is 3. The number of carbonyl (C=O) groups is 1. The monoisotopic (exact) mass is 335 g/mol. The van der Waals surface area contributed by atoms with Crippen LogP contribution in [0.1, 0.15) is 20.9 Å². The molecule has 0 atom stereocenters. The first-order chi connectivity index (χ1) is 11.1. The summed E-state index contributed by atoms with van der Waals surface area (Å²) in [4.78, 5) is 16.2. The summed E-state index contributed by atoms with van der Waals surface area (Å²) in [6, 6.07) is 5.44. The Morgan fingerprint density at radius 1 is 1.26 bits per heavy atom. The number of rotatable bonds is 6. The number of hydrogen-bond acceptors (Lipinski definition) is 8. The van der Waals surface area contributed by atoms with Gasteiger partial charge in [0, 0.05) is 0 Å². The standard InChI is InChI=1S/C15H17N3O4S/c1-9-13(14(19)22-4)23-15(17-9)18-16-8-10-5-6-11(20-2)12(7-10)21-3/h5-8H,1-4H3,(H,17,18)/b16-8-. The molecule has 2 rings (SSSR count). The van der Waals surface area contributed by atoms with Crippen molar-refractivity contribution in [2.75, 3.05) is 26.8 Å². The average molecular weight is 335 g/mol. The maximum atomic E-state index is 11.5. The minimum atomic E-state index is -0.406. The third-order valence-electron chi connectivity index (χ3n) is 2.95. The molecule has 0 saturated carbocycles. The van der Waals surface area contributed by atoms with E-state index in [0.29, 0.717) is 27.2 Å². The van der Waals surface area contributed by atoms with Crippen LogP contribution in [0.25, 0.3) is 0 Å². The number of nitrogens with one attached hydrogen (secondary N) is 1. The molecule has 8 heteroatoms. The van der Waals surface area contributed by atoms with Gasteiger partial charge in [-0.15, -0.1) is 0 Å². The lowest BCUT2D eigenvalue weighted by Gasteiger charge is -2.07. The molecule has 0 amide bonds. The number of hydrogen-bond donors (Lipinski definition) is 1. The molecule has 122 valence electrons. The van der Waals surface area contributed by atoms with Crippen molar-refractivity contribution in [2.45, 2.75) is 6.92 Å². The fraction of sp³-hybridized carbons (Fsp3) is 0.267. The highest BCUT2D eigenvalue weighted by Crippen LogP contribution is 2.27. The molecule has 1 heterocycles. The number of carbonyl (C=O) groups excluding carboxylic acids is 1. The van der Waals surface area contributed by atoms with E-state index in [1.807, 2.05) is 6.07 Å². The fourth-order valence-corrected chi connectivity index (χ4v) is 2.66. The molecule has 1 aromatic heterocycles. The predicted octanol–water partition coefficient (Wildman–Crippen LogP) is 2.70. The summed E-state index contributed by atoms with van der Waals surface area (Å²) in [5, 5.41) is 4.62. The smallest absolute Gasteiger partial charge is 0.350 e. The molecule has 0 aliphatic heterocycles. The Labute approximate surface area is 137 Å². The molecule has 0 fully saturated rings. The molecule has 1 aromatic carbocycles.